The van der Waals surface area contributed by atoms with Gasteiger partial charge >= 0.3 is 5.57 Å². The maximum Gasteiger partial charge on any atom is 0.487 e. The fourth-order valence-corrected chi connectivity index (χ4v) is 2.35. The minimum absolute atomic E-state index is 0. The van der Waals surface area contributed by atoms with E-state index in [0.29, 0.717) is 12.2 Å². The third-order valence-corrected chi connectivity index (χ3v) is 3.26. The Labute approximate surface area is 139 Å². The first-order valence-corrected chi connectivity index (χ1v) is 7.18. The lowest BCUT2D eigenvalue weighted by Gasteiger charge is -2.25. The zero-order chi connectivity index (χ0) is 15.3. The van der Waals surface area contributed by atoms with Crippen LogP contribution in [0.3, 0.4) is 0 Å². The molecule has 1 amide bonds. The summed E-state index contributed by atoms with van der Waals surface area (Å²) in [6.07, 6.45) is 3.45. The number of halogens is 4. The molecule has 0 bridgehead atoms. The molecular weight excluding hydrogens is 337 g/mol. The highest BCUT2D eigenvalue weighted by Gasteiger charge is 2.27. The first-order chi connectivity index (χ1) is 9.92. The lowest BCUT2D eigenvalue weighted by Crippen LogP contribution is -2.36. The van der Waals surface area contributed by atoms with E-state index in [-0.39, 0.29) is 24.1 Å². The van der Waals surface area contributed by atoms with Gasteiger partial charge in [-0.1, -0.05) is 6.42 Å². The number of anilines is 1. The van der Waals surface area contributed by atoms with Crippen molar-refractivity contribution in [2.45, 2.75) is 24.8 Å². The summed E-state index contributed by atoms with van der Waals surface area (Å²) in [5.74, 6) is -0.183. The molecule has 1 N–H and O–H groups in total. The number of carbonyl (C=O) groups is 1. The van der Waals surface area contributed by atoms with Gasteiger partial charge in [-0.05, 0) is 50.2 Å². The molecule has 0 aliphatic carbocycles. The quantitative estimate of drug-likeness (QED) is 0.819. The van der Waals surface area contributed by atoms with Crippen LogP contribution in [-0.4, -0.2) is 36.0 Å². The van der Waals surface area contributed by atoms with Crippen LogP contribution in [0.2, 0.25) is 0 Å². The zero-order valence-corrected chi connectivity index (χ0v) is 13.4. The number of piperidine rings is 1. The van der Waals surface area contributed by atoms with Crippen molar-refractivity contribution in [2.24, 2.45) is 0 Å². The topological polar surface area (TPSA) is 41.6 Å². The fourth-order valence-electron chi connectivity index (χ4n) is 2.26. The molecule has 0 saturated carbocycles. The predicted octanol–water partition coefficient (Wildman–Crippen LogP) is 3.70. The summed E-state index contributed by atoms with van der Waals surface area (Å²) < 4.78 is 29.1. The summed E-state index contributed by atoms with van der Waals surface area (Å²) in [4.78, 5) is 14.0. The summed E-state index contributed by atoms with van der Waals surface area (Å²) in [5, 5.41) is 2.72. The molecule has 0 aromatic heterocycles. The van der Waals surface area contributed by atoms with Crippen molar-refractivity contribution in [1.82, 2.24) is 4.90 Å². The third-order valence-electron chi connectivity index (χ3n) is 3.19. The molecule has 1 heterocycles. The van der Waals surface area contributed by atoms with E-state index in [2.05, 4.69) is 26.6 Å². The van der Waals surface area contributed by atoms with E-state index in [4.69, 9.17) is 0 Å². The van der Waals surface area contributed by atoms with Gasteiger partial charge in [0, 0.05) is 17.3 Å². The van der Waals surface area contributed by atoms with E-state index >= 15 is 0 Å². The molecular formula is C14H18Cl2F2N2O2. The number of alkyl halides is 3. The minimum Gasteiger partial charge on any atom is -0.420 e. The summed E-state index contributed by atoms with van der Waals surface area (Å²) in [6.45, 7) is 2.22. The number of nitrogens with zero attached hydrogens (tertiary/aromatic N) is 1. The summed E-state index contributed by atoms with van der Waals surface area (Å²) >= 11 is 4.67. The average Bonchev–Trinajstić information content (AvgIpc) is 2.40. The highest BCUT2D eigenvalue weighted by atomic mass is 35.5. The molecule has 0 spiro atoms. The fraction of sp³-hybridized carbons (Fsp3) is 0.500. The van der Waals surface area contributed by atoms with Gasteiger partial charge in [0.05, 0.1) is 6.54 Å². The van der Waals surface area contributed by atoms with E-state index in [1.807, 2.05) is 0 Å². The van der Waals surface area contributed by atoms with Crippen LogP contribution in [-0.2, 0) is 4.79 Å². The average molecular weight is 355 g/mol. The van der Waals surface area contributed by atoms with Crippen molar-refractivity contribution < 1.29 is 18.3 Å². The van der Waals surface area contributed by atoms with Crippen molar-refractivity contribution in [1.29, 1.82) is 0 Å². The second kappa shape index (κ2) is 8.50. The molecule has 0 atom stereocenters. The highest BCUT2D eigenvalue weighted by molar-refractivity contribution is 6.20. The Kier molecular flexibility index (Phi) is 7.32. The second-order valence-corrected chi connectivity index (χ2v) is 5.40. The summed E-state index contributed by atoms with van der Waals surface area (Å²) in [7, 11) is 0. The van der Waals surface area contributed by atoms with Crippen molar-refractivity contribution in [3.8, 4) is 5.75 Å². The first-order valence-electron chi connectivity index (χ1n) is 6.80. The van der Waals surface area contributed by atoms with Crippen LogP contribution < -0.4 is 10.1 Å². The number of benzene rings is 1. The number of hydrogen-bond donors (Lipinski definition) is 1. The Bertz CT molecular complexity index is 475. The van der Waals surface area contributed by atoms with Gasteiger partial charge in [-0.3, -0.25) is 9.69 Å². The molecule has 4 nitrogen and oxygen atoms in total. The van der Waals surface area contributed by atoms with Crippen molar-refractivity contribution in [2.75, 3.05) is 25.0 Å². The maximum atomic E-state index is 12.4. The third kappa shape index (κ3) is 6.77. The van der Waals surface area contributed by atoms with Crippen LogP contribution in [0.25, 0.3) is 0 Å². The molecule has 1 aliphatic heterocycles. The number of carbonyl (C=O) groups excluding carboxylic acids is 1. The standard InChI is InChI=1S/C14H17ClF2N2O2.ClH/c15-14(16,17)21-12-6-4-11(5-7-12)18-13(20)10-19-8-2-1-3-9-19;/h4-7H,1-3,8-10H2,(H,18,20);1H. The molecule has 1 aromatic rings. The molecule has 1 saturated heterocycles. The number of ether oxygens (including phenoxy) is 1. The van der Waals surface area contributed by atoms with Gasteiger partial charge in [0.1, 0.15) is 5.75 Å². The van der Waals surface area contributed by atoms with Crippen LogP contribution in [0.15, 0.2) is 24.3 Å². The number of rotatable bonds is 5. The van der Waals surface area contributed by atoms with E-state index in [9.17, 15) is 13.6 Å². The Morgan fingerprint density at radius 3 is 2.36 bits per heavy atom. The zero-order valence-electron chi connectivity index (χ0n) is 11.9. The van der Waals surface area contributed by atoms with Gasteiger partial charge in [0.15, 0.2) is 0 Å². The monoisotopic (exact) mass is 354 g/mol. The van der Waals surface area contributed by atoms with E-state index in [1.165, 1.54) is 30.7 Å². The van der Waals surface area contributed by atoms with E-state index in [1.54, 1.807) is 0 Å². The molecule has 1 aromatic carbocycles. The molecule has 0 radical (unpaired) electrons. The molecule has 8 heteroatoms. The van der Waals surface area contributed by atoms with Crippen molar-refractivity contribution in [3.05, 3.63) is 24.3 Å². The van der Waals surface area contributed by atoms with E-state index < -0.39 is 5.57 Å². The smallest absolute Gasteiger partial charge is 0.420 e. The molecule has 22 heavy (non-hydrogen) atoms. The second-order valence-electron chi connectivity index (χ2n) is 4.96. The van der Waals surface area contributed by atoms with Crippen LogP contribution >= 0.6 is 24.0 Å². The van der Waals surface area contributed by atoms with Gasteiger partial charge in [0.2, 0.25) is 5.91 Å². The van der Waals surface area contributed by atoms with Gasteiger partial charge in [0.25, 0.3) is 0 Å². The molecule has 1 fully saturated rings. The van der Waals surface area contributed by atoms with Crippen LogP contribution in [0.1, 0.15) is 19.3 Å². The Morgan fingerprint density at radius 2 is 1.82 bits per heavy atom. The van der Waals surface area contributed by atoms with Crippen molar-refractivity contribution >= 4 is 35.6 Å². The van der Waals surface area contributed by atoms with Crippen LogP contribution in [0.5, 0.6) is 5.75 Å². The number of nitrogens with one attached hydrogen (secondary N) is 1. The van der Waals surface area contributed by atoms with Crippen LogP contribution in [0, 0.1) is 0 Å². The summed E-state index contributed by atoms with van der Waals surface area (Å²) in [6, 6.07) is 5.64. The van der Waals surface area contributed by atoms with Gasteiger partial charge in [-0.2, -0.15) is 0 Å². The lowest BCUT2D eigenvalue weighted by atomic mass is 10.1. The summed E-state index contributed by atoms with van der Waals surface area (Å²) in [5.41, 5.74) is -3.21. The maximum absolute atomic E-state index is 12.4. The molecule has 1 aliphatic rings. The lowest BCUT2D eigenvalue weighted by molar-refractivity contribution is -0.117. The van der Waals surface area contributed by atoms with Crippen LogP contribution in [0.4, 0.5) is 14.5 Å². The van der Waals surface area contributed by atoms with Gasteiger partial charge in [-0.15, -0.1) is 21.2 Å². The number of likely N-dealkylation sites (tertiary alicyclic amines) is 1. The molecule has 2 rings (SSSR count). The van der Waals surface area contributed by atoms with Crippen molar-refractivity contribution in [3.63, 3.8) is 0 Å². The largest absolute Gasteiger partial charge is 0.487 e. The number of amides is 1. The van der Waals surface area contributed by atoms with E-state index in [0.717, 1.165) is 25.9 Å². The molecule has 0 unspecified atom stereocenters. The SMILES string of the molecule is Cl.O=C(CN1CCCCC1)Nc1ccc(OC(F)(F)Cl)cc1. The normalized spacial score (nSPS) is 15.8. The first kappa shape index (κ1) is 18.9. The number of hydrogen-bond acceptors (Lipinski definition) is 3. The Hall–Kier alpha value is -1.11. The Balaban J connectivity index is 0.00000242. The molecule has 124 valence electrons. The predicted molar refractivity (Wildman–Crippen MR) is 84.0 cm³/mol. The van der Waals surface area contributed by atoms with Gasteiger partial charge in [-0.25, -0.2) is 0 Å². The Morgan fingerprint density at radius 1 is 1.23 bits per heavy atom. The highest BCUT2D eigenvalue weighted by Crippen LogP contribution is 2.25. The van der Waals surface area contributed by atoms with Gasteiger partial charge < -0.3 is 10.1 Å². The minimum atomic E-state index is -3.74.